The first kappa shape index (κ1) is 15.5. The van der Waals surface area contributed by atoms with Crippen molar-refractivity contribution in [1.82, 2.24) is 5.32 Å². The van der Waals surface area contributed by atoms with Gasteiger partial charge in [-0.25, -0.2) is 4.39 Å². The molecule has 0 aliphatic carbocycles. The molecule has 0 saturated carbocycles. The lowest BCUT2D eigenvalue weighted by molar-refractivity contribution is 0.100. The van der Waals surface area contributed by atoms with Crippen molar-refractivity contribution in [1.29, 1.82) is 0 Å². The minimum Gasteiger partial charge on any atom is -0.366 e. The van der Waals surface area contributed by atoms with Crippen molar-refractivity contribution in [3.05, 3.63) is 70.0 Å². The van der Waals surface area contributed by atoms with E-state index in [0.29, 0.717) is 17.1 Å². The molecule has 0 fully saturated rings. The Morgan fingerprint density at radius 1 is 1.33 bits per heavy atom. The highest BCUT2D eigenvalue weighted by Gasteiger charge is 2.09. The molecule has 0 aliphatic rings. The fourth-order valence-electron chi connectivity index (χ4n) is 2.00. The summed E-state index contributed by atoms with van der Waals surface area (Å²) < 4.78 is 13.2. The van der Waals surface area contributed by atoms with E-state index in [1.807, 2.05) is 13.0 Å². The van der Waals surface area contributed by atoms with E-state index >= 15 is 0 Å². The van der Waals surface area contributed by atoms with Gasteiger partial charge in [-0.15, -0.1) is 0 Å². The number of nitrogens with one attached hydrogen (secondary N) is 1. The smallest absolute Gasteiger partial charge is 0.248 e. The molecule has 3 N–H and O–H groups in total. The summed E-state index contributed by atoms with van der Waals surface area (Å²) in [7, 11) is 0. The van der Waals surface area contributed by atoms with Gasteiger partial charge in [-0.3, -0.25) is 4.79 Å². The monoisotopic (exact) mass is 306 g/mol. The number of amides is 1. The highest BCUT2D eigenvalue weighted by molar-refractivity contribution is 6.31. The molecular formula is C16H16ClFN2O. The van der Waals surface area contributed by atoms with E-state index in [1.165, 1.54) is 12.1 Å². The van der Waals surface area contributed by atoms with Crippen molar-refractivity contribution in [3.63, 3.8) is 0 Å². The lowest BCUT2D eigenvalue weighted by Crippen LogP contribution is -2.18. The van der Waals surface area contributed by atoms with Crippen LogP contribution >= 0.6 is 11.6 Å². The molecule has 0 aliphatic heterocycles. The largest absolute Gasteiger partial charge is 0.366 e. The van der Waals surface area contributed by atoms with Crippen LogP contribution in [-0.2, 0) is 6.54 Å². The maximum atomic E-state index is 13.2. The molecule has 1 unspecified atom stereocenters. The van der Waals surface area contributed by atoms with Crippen LogP contribution in [0.15, 0.2) is 42.5 Å². The zero-order chi connectivity index (χ0) is 15.4. The summed E-state index contributed by atoms with van der Waals surface area (Å²) >= 11 is 6.12. The number of benzene rings is 2. The molecule has 2 aromatic carbocycles. The highest BCUT2D eigenvalue weighted by atomic mass is 35.5. The first-order chi connectivity index (χ1) is 9.97. The van der Waals surface area contributed by atoms with E-state index in [1.54, 1.807) is 24.3 Å². The second-order valence-corrected chi connectivity index (χ2v) is 5.24. The second kappa shape index (κ2) is 6.70. The van der Waals surface area contributed by atoms with Gasteiger partial charge in [-0.2, -0.15) is 0 Å². The molecule has 21 heavy (non-hydrogen) atoms. The van der Waals surface area contributed by atoms with E-state index in [2.05, 4.69) is 5.32 Å². The minimum atomic E-state index is -0.510. The Kier molecular flexibility index (Phi) is 4.94. The molecule has 0 heterocycles. The molecule has 1 atom stereocenters. The third kappa shape index (κ3) is 4.03. The Balaban J connectivity index is 2.04. The Morgan fingerprint density at radius 3 is 2.71 bits per heavy atom. The topological polar surface area (TPSA) is 55.1 Å². The molecule has 0 spiro atoms. The van der Waals surface area contributed by atoms with Crippen molar-refractivity contribution >= 4 is 17.5 Å². The molecule has 2 aromatic rings. The number of halogens is 2. The van der Waals surface area contributed by atoms with Crippen molar-refractivity contribution in [2.45, 2.75) is 19.5 Å². The number of nitrogens with two attached hydrogens (primary N) is 1. The Bertz CT molecular complexity index is 660. The number of primary amides is 1. The molecular weight excluding hydrogens is 291 g/mol. The van der Waals surface area contributed by atoms with Crippen molar-refractivity contribution in [2.75, 3.05) is 0 Å². The lowest BCUT2D eigenvalue weighted by atomic mass is 10.1. The van der Waals surface area contributed by atoms with Crippen molar-refractivity contribution in [3.8, 4) is 0 Å². The molecule has 0 aromatic heterocycles. The Morgan fingerprint density at radius 2 is 2.10 bits per heavy atom. The van der Waals surface area contributed by atoms with Gasteiger partial charge in [0, 0.05) is 23.2 Å². The standard InChI is InChI=1S/C16H16ClFN2O/c1-10(11-3-2-4-14(18)7-11)20-9-13-6-5-12(16(19)21)8-15(13)17/h2-8,10,20H,9H2,1H3,(H2,19,21). The zero-order valence-electron chi connectivity index (χ0n) is 11.6. The summed E-state index contributed by atoms with van der Waals surface area (Å²) in [6.45, 7) is 2.45. The number of rotatable bonds is 5. The van der Waals surface area contributed by atoms with Crippen LogP contribution < -0.4 is 11.1 Å². The number of hydrogen-bond donors (Lipinski definition) is 2. The molecule has 2 rings (SSSR count). The van der Waals surface area contributed by atoms with Gasteiger partial charge >= 0.3 is 0 Å². The number of carbonyl (C=O) groups is 1. The summed E-state index contributed by atoms with van der Waals surface area (Å²) in [5.74, 6) is -0.769. The molecule has 5 heteroatoms. The van der Waals surface area contributed by atoms with Gasteiger partial charge in [-0.05, 0) is 42.3 Å². The molecule has 1 amide bonds. The van der Waals surface area contributed by atoms with Crippen LogP contribution in [0.1, 0.15) is 34.5 Å². The lowest BCUT2D eigenvalue weighted by Gasteiger charge is -2.15. The van der Waals surface area contributed by atoms with Crippen LogP contribution in [0, 0.1) is 5.82 Å². The van der Waals surface area contributed by atoms with Gasteiger partial charge in [0.15, 0.2) is 0 Å². The molecule has 0 radical (unpaired) electrons. The normalized spacial score (nSPS) is 12.1. The summed E-state index contributed by atoms with van der Waals surface area (Å²) in [6, 6.07) is 11.4. The Hall–Kier alpha value is -1.91. The predicted octanol–water partition coefficient (Wildman–Crippen LogP) is 3.43. The van der Waals surface area contributed by atoms with E-state index in [0.717, 1.165) is 11.1 Å². The van der Waals surface area contributed by atoms with Crippen LogP contribution in [0.25, 0.3) is 0 Å². The van der Waals surface area contributed by atoms with Gasteiger partial charge in [0.2, 0.25) is 5.91 Å². The van der Waals surface area contributed by atoms with E-state index in [4.69, 9.17) is 17.3 Å². The summed E-state index contributed by atoms with van der Waals surface area (Å²) in [5, 5.41) is 3.74. The summed E-state index contributed by atoms with van der Waals surface area (Å²) in [6.07, 6.45) is 0. The van der Waals surface area contributed by atoms with Gasteiger partial charge in [0.25, 0.3) is 0 Å². The Labute approximate surface area is 127 Å². The molecule has 0 bridgehead atoms. The molecule has 110 valence electrons. The van der Waals surface area contributed by atoms with Crippen LogP contribution in [0.5, 0.6) is 0 Å². The maximum absolute atomic E-state index is 13.2. The quantitative estimate of drug-likeness (QED) is 0.889. The maximum Gasteiger partial charge on any atom is 0.248 e. The fourth-order valence-corrected chi connectivity index (χ4v) is 2.25. The van der Waals surface area contributed by atoms with Crippen molar-refractivity contribution in [2.24, 2.45) is 5.73 Å². The van der Waals surface area contributed by atoms with Crippen LogP contribution in [0.2, 0.25) is 5.02 Å². The average Bonchev–Trinajstić information content (AvgIpc) is 2.45. The molecule has 0 saturated heterocycles. The van der Waals surface area contributed by atoms with Crippen molar-refractivity contribution < 1.29 is 9.18 Å². The number of hydrogen-bond acceptors (Lipinski definition) is 2. The first-order valence-electron chi connectivity index (χ1n) is 6.54. The number of carbonyl (C=O) groups excluding carboxylic acids is 1. The predicted molar refractivity (Wildman–Crippen MR) is 81.6 cm³/mol. The fraction of sp³-hybridized carbons (Fsp3) is 0.188. The summed E-state index contributed by atoms with van der Waals surface area (Å²) in [4.78, 5) is 11.1. The van der Waals surface area contributed by atoms with E-state index < -0.39 is 5.91 Å². The van der Waals surface area contributed by atoms with E-state index in [-0.39, 0.29) is 11.9 Å². The first-order valence-corrected chi connectivity index (χ1v) is 6.92. The average molecular weight is 307 g/mol. The summed E-state index contributed by atoms with van der Waals surface area (Å²) in [5.41, 5.74) is 7.29. The third-order valence-corrected chi connectivity index (χ3v) is 3.64. The van der Waals surface area contributed by atoms with Crippen LogP contribution in [0.3, 0.4) is 0 Å². The SMILES string of the molecule is CC(NCc1ccc(C(N)=O)cc1Cl)c1cccc(F)c1. The van der Waals surface area contributed by atoms with Crippen LogP contribution in [0.4, 0.5) is 4.39 Å². The van der Waals surface area contributed by atoms with Crippen LogP contribution in [-0.4, -0.2) is 5.91 Å². The van der Waals surface area contributed by atoms with Gasteiger partial charge < -0.3 is 11.1 Å². The minimum absolute atomic E-state index is 0.0208. The molecule has 3 nitrogen and oxygen atoms in total. The second-order valence-electron chi connectivity index (χ2n) is 4.83. The van der Waals surface area contributed by atoms with Gasteiger partial charge in [0.05, 0.1) is 0 Å². The van der Waals surface area contributed by atoms with E-state index in [9.17, 15) is 9.18 Å². The van der Waals surface area contributed by atoms with Gasteiger partial charge in [0.1, 0.15) is 5.82 Å². The third-order valence-electron chi connectivity index (χ3n) is 3.28. The van der Waals surface area contributed by atoms with Gasteiger partial charge in [-0.1, -0.05) is 29.8 Å². The zero-order valence-corrected chi connectivity index (χ0v) is 12.3. The highest BCUT2D eigenvalue weighted by Crippen LogP contribution is 2.20.